The predicted molar refractivity (Wildman–Crippen MR) is 89.3 cm³/mol. The molecule has 0 amide bonds. The average Bonchev–Trinajstić information content (AvgIpc) is 2.47. The highest BCUT2D eigenvalue weighted by Gasteiger charge is 2.12. The number of hydrogen-bond acceptors (Lipinski definition) is 2. The molecule has 2 aromatic rings. The maximum absolute atomic E-state index is 4.46. The van der Waals surface area contributed by atoms with Crippen LogP contribution in [-0.2, 0) is 24.9 Å². The average molecular weight is 282 g/mol. The third-order valence-corrected chi connectivity index (χ3v) is 3.81. The number of nitrogens with one attached hydrogen (secondary N) is 1. The number of aromatic nitrogens is 1. The maximum Gasteiger partial charge on any atom is 0.0573 e. The van der Waals surface area contributed by atoms with Crippen molar-refractivity contribution in [3.05, 3.63) is 65.0 Å². The molecule has 0 fully saturated rings. The van der Waals surface area contributed by atoms with Crippen LogP contribution >= 0.6 is 0 Å². The van der Waals surface area contributed by atoms with Gasteiger partial charge in [0.15, 0.2) is 0 Å². The molecule has 0 aliphatic carbocycles. The van der Waals surface area contributed by atoms with Crippen molar-refractivity contribution in [2.24, 2.45) is 0 Å². The summed E-state index contributed by atoms with van der Waals surface area (Å²) in [5.41, 5.74) is 5.40. The van der Waals surface area contributed by atoms with E-state index in [0.717, 1.165) is 25.2 Å². The third kappa shape index (κ3) is 4.40. The second-order valence-electron chi connectivity index (χ2n) is 6.51. The minimum atomic E-state index is 0.218. The van der Waals surface area contributed by atoms with Crippen LogP contribution in [0.3, 0.4) is 0 Å². The van der Waals surface area contributed by atoms with Gasteiger partial charge in [-0.3, -0.25) is 4.98 Å². The van der Waals surface area contributed by atoms with Crippen LogP contribution in [0.15, 0.2) is 42.6 Å². The van der Waals surface area contributed by atoms with E-state index in [0.29, 0.717) is 0 Å². The van der Waals surface area contributed by atoms with Gasteiger partial charge in [-0.15, -0.1) is 0 Å². The fourth-order valence-corrected chi connectivity index (χ4v) is 2.40. The number of rotatable bonds is 5. The highest BCUT2D eigenvalue weighted by atomic mass is 14.9. The molecule has 0 saturated carbocycles. The molecule has 0 atom stereocenters. The van der Waals surface area contributed by atoms with Crippen molar-refractivity contribution in [3.8, 4) is 0 Å². The lowest BCUT2D eigenvalue weighted by Crippen LogP contribution is -2.15. The van der Waals surface area contributed by atoms with E-state index in [4.69, 9.17) is 0 Å². The molecule has 21 heavy (non-hydrogen) atoms. The number of benzene rings is 1. The van der Waals surface area contributed by atoms with E-state index >= 15 is 0 Å². The monoisotopic (exact) mass is 282 g/mol. The summed E-state index contributed by atoms with van der Waals surface area (Å²) in [6, 6.07) is 13.1. The first kappa shape index (κ1) is 15.7. The third-order valence-electron chi connectivity index (χ3n) is 3.81. The fourth-order valence-electron chi connectivity index (χ4n) is 2.40. The standard InChI is InChI=1S/C19H26N2/c1-5-16-7-6-12-21-18(16)14-20-13-15-8-10-17(11-9-15)19(2,3)4/h6-12,20H,5,13-14H2,1-4H3. The number of aryl methyl sites for hydroxylation is 1. The van der Waals surface area contributed by atoms with Crippen molar-refractivity contribution in [2.45, 2.75) is 52.6 Å². The molecular weight excluding hydrogens is 256 g/mol. The van der Waals surface area contributed by atoms with Gasteiger partial charge in [-0.2, -0.15) is 0 Å². The molecule has 1 heterocycles. The van der Waals surface area contributed by atoms with Crippen molar-refractivity contribution in [2.75, 3.05) is 0 Å². The molecule has 0 aliphatic heterocycles. The molecular formula is C19H26N2. The van der Waals surface area contributed by atoms with E-state index in [1.807, 2.05) is 12.3 Å². The summed E-state index contributed by atoms with van der Waals surface area (Å²) in [5, 5.41) is 3.49. The van der Waals surface area contributed by atoms with Gasteiger partial charge in [0.1, 0.15) is 0 Å². The molecule has 1 aromatic carbocycles. The predicted octanol–water partition coefficient (Wildman–Crippen LogP) is 4.23. The molecule has 2 heteroatoms. The van der Waals surface area contributed by atoms with Gasteiger partial charge in [-0.05, 0) is 34.6 Å². The zero-order valence-electron chi connectivity index (χ0n) is 13.6. The van der Waals surface area contributed by atoms with Crippen LogP contribution in [0.4, 0.5) is 0 Å². The molecule has 2 nitrogen and oxygen atoms in total. The van der Waals surface area contributed by atoms with Crippen molar-refractivity contribution >= 4 is 0 Å². The zero-order valence-corrected chi connectivity index (χ0v) is 13.6. The van der Waals surface area contributed by atoms with Crippen molar-refractivity contribution in [1.29, 1.82) is 0 Å². The highest BCUT2D eigenvalue weighted by molar-refractivity contribution is 5.27. The molecule has 112 valence electrons. The lowest BCUT2D eigenvalue weighted by molar-refractivity contribution is 0.589. The summed E-state index contributed by atoms with van der Waals surface area (Å²) >= 11 is 0. The van der Waals surface area contributed by atoms with Crippen molar-refractivity contribution in [1.82, 2.24) is 10.3 Å². The Morgan fingerprint density at radius 2 is 1.71 bits per heavy atom. The van der Waals surface area contributed by atoms with Gasteiger partial charge in [0, 0.05) is 19.3 Å². The first-order valence-electron chi connectivity index (χ1n) is 7.73. The van der Waals surface area contributed by atoms with Gasteiger partial charge >= 0.3 is 0 Å². The lowest BCUT2D eigenvalue weighted by atomic mass is 9.87. The van der Waals surface area contributed by atoms with Crippen LogP contribution in [0.1, 0.15) is 50.1 Å². The minimum Gasteiger partial charge on any atom is -0.307 e. The lowest BCUT2D eigenvalue weighted by Gasteiger charge is -2.19. The quantitative estimate of drug-likeness (QED) is 0.887. The summed E-state index contributed by atoms with van der Waals surface area (Å²) in [4.78, 5) is 4.46. The van der Waals surface area contributed by atoms with Gasteiger partial charge < -0.3 is 5.32 Å². The van der Waals surface area contributed by atoms with Crippen LogP contribution < -0.4 is 5.32 Å². The molecule has 0 unspecified atom stereocenters. The molecule has 1 N–H and O–H groups in total. The van der Waals surface area contributed by atoms with E-state index in [1.165, 1.54) is 16.7 Å². The maximum atomic E-state index is 4.46. The van der Waals surface area contributed by atoms with Gasteiger partial charge in [0.2, 0.25) is 0 Å². The Kier molecular flexibility index (Phi) is 5.13. The molecule has 2 rings (SSSR count). The molecule has 1 aromatic heterocycles. The summed E-state index contributed by atoms with van der Waals surface area (Å²) in [6.07, 6.45) is 2.90. The van der Waals surface area contributed by atoms with Crippen LogP contribution in [-0.4, -0.2) is 4.98 Å². The summed E-state index contributed by atoms with van der Waals surface area (Å²) in [5.74, 6) is 0. The molecule has 0 aliphatic rings. The van der Waals surface area contributed by atoms with Crippen LogP contribution in [0.25, 0.3) is 0 Å². The smallest absolute Gasteiger partial charge is 0.0573 e. The van der Waals surface area contributed by atoms with E-state index in [2.05, 4.69) is 68.3 Å². The fraction of sp³-hybridized carbons (Fsp3) is 0.421. The second-order valence-corrected chi connectivity index (χ2v) is 6.51. The first-order valence-corrected chi connectivity index (χ1v) is 7.73. The Morgan fingerprint density at radius 1 is 1.00 bits per heavy atom. The SMILES string of the molecule is CCc1cccnc1CNCc1ccc(C(C)(C)C)cc1. The van der Waals surface area contributed by atoms with Crippen molar-refractivity contribution < 1.29 is 0 Å². The van der Waals surface area contributed by atoms with Gasteiger partial charge in [-0.1, -0.05) is 58.0 Å². The normalized spacial score (nSPS) is 11.6. The highest BCUT2D eigenvalue weighted by Crippen LogP contribution is 2.22. The Balaban J connectivity index is 1.92. The van der Waals surface area contributed by atoms with E-state index in [1.54, 1.807) is 0 Å². The molecule has 0 spiro atoms. The van der Waals surface area contributed by atoms with Gasteiger partial charge in [0.25, 0.3) is 0 Å². The molecule has 0 bridgehead atoms. The van der Waals surface area contributed by atoms with E-state index < -0.39 is 0 Å². The summed E-state index contributed by atoms with van der Waals surface area (Å²) < 4.78 is 0. The van der Waals surface area contributed by atoms with Crippen LogP contribution in [0.2, 0.25) is 0 Å². The second kappa shape index (κ2) is 6.86. The number of nitrogens with zero attached hydrogens (tertiary/aromatic N) is 1. The van der Waals surface area contributed by atoms with Gasteiger partial charge in [-0.25, -0.2) is 0 Å². The van der Waals surface area contributed by atoms with Gasteiger partial charge in [0.05, 0.1) is 5.69 Å². The number of pyridine rings is 1. The Morgan fingerprint density at radius 3 is 2.33 bits per heavy atom. The van der Waals surface area contributed by atoms with Crippen molar-refractivity contribution in [3.63, 3.8) is 0 Å². The van der Waals surface area contributed by atoms with Crippen LogP contribution in [0, 0.1) is 0 Å². The number of hydrogen-bond donors (Lipinski definition) is 1. The Hall–Kier alpha value is -1.67. The summed E-state index contributed by atoms with van der Waals surface area (Å²) in [7, 11) is 0. The van der Waals surface area contributed by atoms with E-state index in [9.17, 15) is 0 Å². The molecule has 0 radical (unpaired) electrons. The molecule has 0 saturated heterocycles. The topological polar surface area (TPSA) is 24.9 Å². The largest absolute Gasteiger partial charge is 0.307 e. The first-order chi connectivity index (χ1) is 10.0. The summed E-state index contributed by atoms with van der Waals surface area (Å²) in [6.45, 7) is 10.6. The zero-order chi connectivity index (χ0) is 15.3. The Labute approximate surface area is 128 Å². The van der Waals surface area contributed by atoms with Crippen LogP contribution in [0.5, 0.6) is 0 Å². The minimum absolute atomic E-state index is 0.218. The Bertz CT molecular complexity index is 565. The van der Waals surface area contributed by atoms with E-state index in [-0.39, 0.29) is 5.41 Å².